The zero-order valence-electron chi connectivity index (χ0n) is 12.0. The highest BCUT2D eigenvalue weighted by Crippen LogP contribution is 2.44. The number of hydrogen-bond acceptors (Lipinski definition) is 1. The van der Waals surface area contributed by atoms with E-state index >= 15 is 0 Å². The van der Waals surface area contributed by atoms with Gasteiger partial charge in [0.05, 0.1) is 5.70 Å². The number of allylic oxidation sites excluding steroid dienone is 3. The van der Waals surface area contributed by atoms with Crippen LogP contribution in [0.25, 0.3) is 0 Å². The average molecular weight is 243 g/mol. The molecule has 1 nitrogen and oxygen atoms in total. The van der Waals surface area contributed by atoms with Crippen molar-refractivity contribution in [3.05, 3.63) is 35.6 Å². The summed E-state index contributed by atoms with van der Waals surface area (Å²) in [6, 6.07) is 0. The first-order valence-electron chi connectivity index (χ1n) is 7.23. The van der Waals surface area contributed by atoms with E-state index < -0.39 is 0 Å². The molecule has 2 aliphatic rings. The second-order valence-electron chi connectivity index (χ2n) is 5.81. The van der Waals surface area contributed by atoms with Gasteiger partial charge in [0.25, 0.3) is 0 Å². The maximum atomic E-state index is 4.67. The second-order valence-corrected chi connectivity index (χ2v) is 5.81. The van der Waals surface area contributed by atoms with Gasteiger partial charge in [0.15, 0.2) is 0 Å². The average Bonchev–Trinajstić information content (AvgIpc) is 2.27. The maximum absolute atomic E-state index is 4.67. The van der Waals surface area contributed by atoms with Crippen LogP contribution in [0.2, 0.25) is 0 Å². The molecule has 0 aliphatic heterocycles. The number of rotatable bonds is 4. The minimum Gasteiger partial charge on any atom is -0.258 e. The maximum Gasteiger partial charge on any atom is 0.0660 e. The molecule has 0 aromatic rings. The lowest BCUT2D eigenvalue weighted by molar-refractivity contribution is 0.224. The first kappa shape index (κ1) is 13.3. The zero-order chi connectivity index (χ0) is 13.1. The summed E-state index contributed by atoms with van der Waals surface area (Å²) in [4.78, 5) is 4.67. The van der Waals surface area contributed by atoms with E-state index in [-0.39, 0.29) is 0 Å². The summed E-state index contributed by atoms with van der Waals surface area (Å²) in [5, 5.41) is 0. The molecule has 0 spiro atoms. The SMILES string of the molecule is C=C(C1=CCCC=C1N=C(C)C)C1CC(CC)C1. The summed E-state index contributed by atoms with van der Waals surface area (Å²) in [5.41, 5.74) is 4.94. The molecule has 0 heterocycles. The van der Waals surface area contributed by atoms with Gasteiger partial charge in [-0.1, -0.05) is 32.1 Å². The fourth-order valence-electron chi connectivity index (χ4n) is 2.88. The van der Waals surface area contributed by atoms with Gasteiger partial charge in [0, 0.05) is 5.71 Å². The van der Waals surface area contributed by atoms with Crippen molar-refractivity contribution in [1.29, 1.82) is 0 Å². The standard InChI is InChI=1S/C17H25N/c1-5-14-10-15(11-14)13(4)16-8-6-7-9-17(16)18-12(2)3/h8-9,14-15H,4-7,10-11H2,1-3H3. The van der Waals surface area contributed by atoms with Crippen molar-refractivity contribution in [2.75, 3.05) is 0 Å². The van der Waals surface area contributed by atoms with E-state index in [1.807, 2.05) is 0 Å². The molecule has 2 rings (SSSR count). The van der Waals surface area contributed by atoms with Crippen molar-refractivity contribution in [2.24, 2.45) is 16.8 Å². The van der Waals surface area contributed by atoms with E-state index in [0.29, 0.717) is 5.92 Å². The third-order valence-corrected chi connectivity index (χ3v) is 4.12. The normalized spacial score (nSPS) is 26.8. The van der Waals surface area contributed by atoms with E-state index in [1.54, 1.807) is 0 Å². The topological polar surface area (TPSA) is 12.4 Å². The lowest BCUT2D eigenvalue weighted by atomic mass is 9.68. The first-order valence-corrected chi connectivity index (χ1v) is 7.23. The Kier molecular flexibility index (Phi) is 4.21. The van der Waals surface area contributed by atoms with Crippen molar-refractivity contribution in [3.8, 4) is 0 Å². The van der Waals surface area contributed by atoms with Crippen LogP contribution in [0.5, 0.6) is 0 Å². The molecule has 1 saturated carbocycles. The van der Waals surface area contributed by atoms with E-state index in [0.717, 1.165) is 30.2 Å². The highest BCUT2D eigenvalue weighted by Gasteiger charge is 2.31. The summed E-state index contributed by atoms with van der Waals surface area (Å²) in [5.74, 6) is 1.63. The Morgan fingerprint density at radius 3 is 2.56 bits per heavy atom. The molecular weight excluding hydrogens is 218 g/mol. The quantitative estimate of drug-likeness (QED) is 0.612. The molecule has 0 amide bonds. The van der Waals surface area contributed by atoms with Gasteiger partial charge in [-0.25, -0.2) is 0 Å². The molecule has 18 heavy (non-hydrogen) atoms. The molecule has 0 atom stereocenters. The highest BCUT2D eigenvalue weighted by molar-refractivity contribution is 5.81. The van der Waals surface area contributed by atoms with Crippen LogP contribution < -0.4 is 0 Å². The van der Waals surface area contributed by atoms with Crippen LogP contribution in [0.1, 0.15) is 52.9 Å². The van der Waals surface area contributed by atoms with Crippen molar-refractivity contribution in [3.63, 3.8) is 0 Å². The Labute approximate surface area is 111 Å². The Balaban J connectivity index is 2.07. The largest absolute Gasteiger partial charge is 0.258 e. The molecule has 2 aliphatic carbocycles. The summed E-state index contributed by atoms with van der Waals surface area (Å²) in [7, 11) is 0. The lowest BCUT2D eigenvalue weighted by Crippen LogP contribution is -2.25. The number of nitrogens with zero attached hydrogens (tertiary/aromatic N) is 1. The van der Waals surface area contributed by atoms with E-state index in [1.165, 1.54) is 30.4 Å². The van der Waals surface area contributed by atoms with Crippen molar-refractivity contribution < 1.29 is 0 Å². The van der Waals surface area contributed by atoms with Crippen LogP contribution in [0.4, 0.5) is 0 Å². The first-order chi connectivity index (χ1) is 8.61. The fraction of sp³-hybridized carbons (Fsp3) is 0.588. The van der Waals surface area contributed by atoms with Gasteiger partial charge in [0.2, 0.25) is 0 Å². The molecule has 0 unspecified atom stereocenters. The number of aliphatic imine (C=N–C) groups is 1. The fourth-order valence-corrected chi connectivity index (χ4v) is 2.88. The van der Waals surface area contributed by atoms with Crippen molar-refractivity contribution in [1.82, 2.24) is 0 Å². The predicted octanol–water partition coefficient (Wildman–Crippen LogP) is 5.06. The molecule has 98 valence electrons. The van der Waals surface area contributed by atoms with Gasteiger partial charge >= 0.3 is 0 Å². The molecule has 1 fully saturated rings. The van der Waals surface area contributed by atoms with E-state index in [2.05, 4.69) is 44.5 Å². The molecule has 0 aromatic heterocycles. The summed E-state index contributed by atoms with van der Waals surface area (Å²) in [6.45, 7) is 10.8. The summed E-state index contributed by atoms with van der Waals surface area (Å²) >= 11 is 0. The Morgan fingerprint density at radius 2 is 1.94 bits per heavy atom. The Bertz CT molecular complexity index is 413. The van der Waals surface area contributed by atoms with Gasteiger partial charge in [-0.3, -0.25) is 4.99 Å². The third kappa shape index (κ3) is 2.82. The molecular formula is C17H25N. The molecule has 0 saturated heterocycles. The van der Waals surface area contributed by atoms with Gasteiger partial charge in [-0.2, -0.15) is 0 Å². The van der Waals surface area contributed by atoms with Crippen LogP contribution in [0.3, 0.4) is 0 Å². The molecule has 0 aromatic carbocycles. The van der Waals surface area contributed by atoms with Gasteiger partial charge in [-0.15, -0.1) is 0 Å². The van der Waals surface area contributed by atoms with Crippen molar-refractivity contribution >= 4 is 5.71 Å². The van der Waals surface area contributed by atoms with E-state index in [9.17, 15) is 0 Å². The molecule has 0 radical (unpaired) electrons. The minimum absolute atomic E-state index is 0.704. The van der Waals surface area contributed by atoms with Gasteiger partial charge in [0.1, 0.15) is 0 Å². The van der Waals surface area contributed by atoms with Crippen LogP contribution >= 0.6 is 0 Å². The Hall–Kier alpha value is -1.11. The molecule has 0 N–H and O–H groups in total. The van der Waals surface area contributed by atoms with Crippen LogP contribution in [0.15, 0.2) is 40.6 Å². The van der Waals surface area contributed by atoms with Crippen LogP contribution in [-0.2, 0) is 0 Å². The van der Waals surface area contributed by atoms with Crippen LogP contribution in [-0.4, -0.2) is 5.71 Å². The Morgan fingerprint density at radius 1 is 1.28 bits per heavy atom. The monoisotopic (exact) mass is 243 g/mol. The minimum atomic E-state index is 0.704. The third-order valence-electron chi connectivity index (χ3n) is 4.12. The van der Waals surface area contributed by atoms with E-state index in [4.69, 9.17) is 0 Å². The van der Waals surface area contributed by atoms with Gasteiger partial charge < -0.3 is 0 Å². The smallest absolute Gasteiger partial charge is 0.0660 e. The predicted molar refractivity (Wildman–Crippen MR) is 79.8 cm³/mol. The molecule has 0 bridgehead atoms. The highest BCUT2D eigenvalue weighted by atomic mass is 14.8. The summed E-state index contributed by atoms with van der Waals surface area (Å²) < 4.78 is 0. The lowest BCUT2D eigenvalue weighted by Gasteiger charge is -2.37. The summed E-state index contributed by atoms with van der Waals surface area (Å²) in [6.07, 6.45) is 10.8. The van der Waals surface area contributed by atoms with Gasteiger partial charge in [-0.05, 0) is 62.5 Å². The second kappa shape index (κ2) is 5.69. The van der Waals surface area contributed by atoms with Crippen LogP contribution in [0, 0.1) is 11.8 Å². The zero-order valence-corrected chi connectivity index (χ0v) is 12.0. The number of hydrogen-bond donors (Lipinski definition) is 0. The molecule has 1 heteroatoms. The van der Waals surface area contributed by atoms with Crippen molar-refractivity contribution in [2.45, 2.75) is 52.9 Å².